The zero-order valence-corrected chi connectivity index (χ0v) is 15.8. The van der Waals surface area contributed by atoms with Crippen molar-refractivity contribution in [2.45, 2.75) is 23.9 Å². The normalized spacial score (nSPS) is 25.4. The second-order valence-corrected chi connectivity index (χ2v) is 9.72. The van der Waals surface area contributed by atoms with Gasteiger partial charge in [0.1, 0.15) is 6.42 Å². The molecule has 1 amide bonds. The molecule has 0 bridgehead atoms. The number of hydrogen-bond acceptors (Lipinski definition) is 5. The standard InChI is InChI=1S/C15H11ClF3N3O3S2/c16-9-2-1-8(15(17,18)19)5-10(9)22-11-6-27(24,25)7-12(11)26-14(22)21-13(23)3-4-20/h1-2,5,11-12H,3,6-7H2. The summed E-state index contributed by atoms with van der Waals surface area (Å²) in [7, 11) is -3.38. The number of amides is 1. The molecule has 2 aliphatic heterocycles. The van der Waals surface area contributed by atoms with Crippen LogP contribution >= 0.6 is 23.4 Å². The maximum absolute atomic E-state index is 13.1. The molecule has 0 N–H and O–H groups in total. The summed E-state index contributed by atoms with van der Waals surface area (Å²) < 4.78 is 63.2. The third-order valence-corrected chi connectivity index (χ3v) is 7.58. The van der Waals surface area contributed by atoms with Gasteiger partial charge in [-0.15, -0.1) is 0 Å². The number of carbonyl (C=O) groups is 1. The highest BCUT2D eigenvalue weighted by atomic mass is 35.5. The van der Waals surface area contributed by atoms with Crippen LogP contribution in [0.5, 0.6) is 0 Å². The molecule has 2 unspecified atom stereocenters. The van der Waals surface area contributed by atoms with E-state index >= 15 is 0 Å². The SMILES string of the molecule is N#CCC(=O)N=C1SC2CS(=O)(=O)CC2N1c1cc(C(F)(F)F)ccc1Cl. The lowest BCUT2D eigenvalue weighted by Gasteiger charge is -2.26. The number of thioether (sulfide) groups is 1. The Morgan fingerprint density at radius 1 is 1.41 bits per heavy atom. The largest absolute Gasteiger partial charge is 0.416 e. The highest BCUT2D eigenvalue weighted by Crippen LogP contribution is 2.44. The van der Waals surface area contributed by atoms with Gasteiger partial charge in [0, 0.05) is 5.25 Å². The molecule has 2 heterocycles. The molecule has 27 heavy (non-hydrogen) atoms. The number of nitriles is 1. The van der Waals surface area contributed by atoms with E-state index in [0.717, 1.165) is 30.0 Å². The number of amidine groups is 1. The third kappa shape index (κ3) is 4.07. The van der Waals surface area contributed by atoms with Crippen LogP contribution in [0.2, 0.25) is 5.02 Å². The fourth-order valence-corrected chi connectivity index (χ4v) is 7.07. The highest BCUT2D eigenvalue weighted by molar-refractivity contribution is 8.16. The van der Waals surface area contributed by atoms with Crippen molar-refractivity contribution in [3.05, 3.63) is 28.8 Å². The number of anilines is 1. The average Bonchev–Trinajstić information content (AvgIpc) is 2.98. The van der Waals surface area contributed by atoms with Gasteiger partial charge in [-0.1, -0.05) is 23.4 Å². The lowest BCUT2D eigenvalue weighted by molar-refractivity contribution is -0.137. The van der Waals surface area contributed by atoms with Gasteiger partial charge in [0.15, 0.2) is 15.0 Å². The first-order valence-corrected chi connectivity index (χ1v) is 10.6. The molecule has 2 saturated heterocycles. The molecule has 0 radical (unpaired) electrons. The number of hydrogen-bond donors (Lipinski definition) is 0. The van der Waals surface area contributed by atoms with E-state index in [1.54, 1.807) is 6.07 Å². The van der Waals surface area contributed by atoms with Crippen molar-refractivity contribution in [1.82, 2.24) is 0 Å². The molecule has 2 atom stereocenters. The van der Waals surface area contributed by atoms with E-state index in [9.17, 15) is 26.4 Å². The minimum absolute atomic E-state index is 0.0334. The molecular weight excluding hydrogens is 427 g/mol. The molecule has 1 aromatic rings. The summed E-state index contributed by atoms with van der Waals surface area (Å²) in [6, 6.07) is 3.63. The number of alkyl halides is 3. The topological polar surface area (TPSA) is 90.6 Å². The lowest BCUT2D eigenvalue weighted by atomic mass is 10.1. The lowest BCUT2D eigenvalue weighted by Crippen LogP contribution is -2.38. The van der Waals surface area contributed by atoms with Gasteiger partial charge >= 0.3 is 6.18 Å². The maximum atomic E-state index is 13.1. The molecule has 0 spiro atoms. The molecule has 2 aliphatic rings. The van der Waals surface area contributed by atoms with Gasteiger partial charge in [0.25, 0.3) is 5.91 Å². The molecule has 12 heteroatoms. The molecule has 3 rings (SSSR count). The Hall–Kier alpha value is -1.77. The number of sulfone groups is 1. The first-order valence-electron chi connectivity index (χ1n) is 7.53. The smallest absolute Gasteiger partial charge is 0.314 e. The van der Waals surface area contributed by atoms with Gasteiger partial charge in [-0.2, -0.15) is 23.4 Å². The van der Waals surface area contributed by atoms with Gasteiger partial charge in [-0.3, -0.25) is 4.79 Å². The van der Waals surface area contributed by atoms with Gasteiger partial charge in [-0.05, 0) is 18.2 Å². The van der Waals surface area contributed by atoms with Crippen LogP contribution in [-0.4, -0.2) is 42.3 Å². The number of fused-ring (bicyclic) bond motifs is 1. The fourth-order valence-electron chi connectivity index (χ4n) is 2.93. The molecular formula is C15H11ClF3N3O3S2. The van der Waals surface area contributed by atoms with E-state index in [4.69, 9.17) is 16.9 Å². The number of rotatable bonds is 2. The molecule has 0 saturated carbocycles. The Balaban J connectivity index is 2.10. The summed E-state index contributed by atoms with van der Waals surface area (Å²) in [6.07, 6.45) is -5.12. The molecule has 2 fully saturated rings. The van der Waals surface area contributed by atoms with E-state index in [0.29, 0.717) is 0 Å². The van der Waals surface area contributed by atoms with Crippen LogP contribution in [0.3, 0.4) is 0 Å². The van der Waals surface area contributed by atoms with Crippen molar-refractivity contribution in [2.24, 2.45) is 4.99 Å². The van der Waals surface area contributed by atoms with E-state index < -0.39 is 45.2 Å². The summed E-state index contributed by atoms with van der Waals surface area (Å²) in [5, 5.41) is 8.13. The zero-order valence-electron chi connectivity index (χ0n) is 13.4. The van der Waals surface area contributed by atoms with E-state index in [-0.39, 0.29) is 27.4 Å². The maximum Gasteiger partial charge on any atom is 0.416 e. The first kappa shape index (κ1) is 20.0. The van der Waals surface area contributed by atoms with Crippen molar-refractivity contribution in [3.8, 4) is 6.07 Å². The number of benzene rings is 1. The zero-order chi connectivity index (χ0) is 20.0. The summed E-state index contributed by atoms with van der Waals surface area (Å²) in [5.41, 5.74) is -1.04. The number of aliphatic imine (C=N–C) groups is 1. The molecule has 1 aromatic carbocycles. The Labute approximate surface area is 161 Å². The predicted molar refractivity (Wildman–Crippen MR) is 95.4 cm³/mol. The Bertz CT molecular complexity index is 973. The predicted octanol–water partition coefficient (Wildman–Crippen LogP) is 2.87. The van der Waals surface area contributed by atoms with Gasteiger partial charge in [0.2, 0.25) is 0 Å². The third-order valence-electron chi connectivity index (χ3n) is 4.05. The quantitative estimate of drug-likeness (QED) is 0.706. The van der Waals surface area contributed by atoms with E-state index in [1.807, 2.05) is 0 Å². The number of nitrogens with zero attached hydrogens (tertiary/aromatic N) is 3. The Kier molecular flexibility index (Phi) is 5.18. The summed E-state index contributed by atoms with van der Waals surface area (Å²) in [6.45, 7) is 0. The van der Waals surface area contributed by atoms with E-state index in [1.165, 1.54) is 4.90 Å². The van der Waals surface area contributed by atoms with Crippen LogP contribution in [0, 0.1) is 11.3 Å². The van der Waals surface area contributed by atoms with Crippen molar-refractivity contribution in [3.63, 3.8) is 0 Å². The molecule has 0 aliphatic carbocycles. The number of halogens is 4. The van der Waals surface area contributed by atoms with Crippen LogP contribution in [0.4, 0.5) is 18.9 Å². The van der Waals surface area contributed by atoms with Crippen LogP contribution in [-0.2, 0) is 20.8 Å². The van der Waals surface area contributed by atoms with Crippen LogP contribution in [0.25, 0.3) is 0 Å². The van der Waals surface area contributed by atoms with Crippen molar-refractivity contribution >= 4 is 50.0 Å². The van der Waals surface area contributed by atoms with Crippen molar-refractivity contribution in [1.29, 1.82) is 5.26 Å². The minimum atomic E-state index is -4.62. The molecule has 0 aromatic heterocycles. The van der Waals surface area contributed by atoms with Gasteiger partial charge in [0.05, 0.1) is 39.9 Å². The van der Waals surface area contributed by atoms with Crippen molar-refractivity contribution in [2.75, 3.05) is 16.4 Å². The fraction of sp³-hybridized carbons (Fsp3) is 0.400. The van der Waals surface area contributed by atoms with Crippen LogP contribution < -0.4 is 4.90 Å². The number of carbonyl (C=O) groups excluding carboxylic acids is 1. The monoisotopic (exact) mass is 437 g/mol. The molecule has 6 nitrogen and oxygen atoms in total. The first-order chi connectivity index (χ1) is 12.5. The summed E-state index contributed by atoms with van der Waals surface area (Å²) in [5.74, 6) is -1.24. The van der Waals surface area contributed by atoms with Gasteiger partial charge in [-0.25, -0.2) is 8.42 Å². The summed E-state index contributed by atoms with van der Waals surface area (Å²) >= 11 is 7.08. The second kappa shape index (κ2) is 7.00. The highest BCUT2D eigenvalue weighted by Gasteiger charge is 2.50. The molecule has 144 valence electrons. The van der Waals surface area contributed by atoms with Crippen molar-refractivity contribution < 1.29 is 26.4 Å². The Morgan fingerprint density at radius 2 is 2.11 bits per heavy atom. The van der Waals surface area contributed by atoms with Crippen LogP contribution in [0.15, 0.2) is 23.2 Å². The Morgan fingerprint density at radius 3 is 2.74 bits per heavy atom. The van der Waals surface area contributed by atoms with E-state index in [2.05, 4.69) is 4.99 Å². The minimum Gasteiger partial charge on any atom is -0.314 e. The summed E-state index contributed by atoms with van der Waals surface area (Å²) in [4.78, 5) is 16.8. The second-order valence-electron chi connectivity index (χ2n) is 5.96. The average molecular weight is 438 g/mol. The van der Waals surface area contributed by atoms with Crippen LogP contribution in [0.1, 0.15) is 12.0 Å². The van der Waals surface area contributed by atoms with Gasteiger partial charge < -0.3 is 4.90 Å².